The average Bonchev–Trinajstić information content (AvgIpc) is 2.65. The maximum Gasteiger partial charge on any atom is 0.305 e. The molecule has 0 unspecified atom stereocenters. The molecule has 7 heteroatoms. The molecule has 0 aliphatic carbocycles. The van der Waals surface area contributed by atoms with Crippen LogP contribution in [0, 0.1) is 0 Å². The average molecular weight is 399 g/mol. The summed E-state index contributed by atoms with van der Waals surface area (Å²) in [5, 5.41) is 28.7. The van der Waals surface area contributed by atoms with E-state index in [-0.39, 0.29) is 12.3 Å². The summed E-state index contributed by atoms with van der Waals surface area (Å²) in [6.07, 6.45) is 0.751. The van der Waals surface area contributed by atoms with Gasteiger partial charge in [0.05, 0.1) is 30.0 Å². The molecule has 3 N–H and O–H groups in total. The topological polar surface area (TPSA) is 107 Å². The number of aliphatic hydroxyl groups excluding tert-OH is 2. The van der Waals surface area contributed by atoms with Crippen molar-refractivity contribution in [2.45, 2.75) is 44.8 Å². The molecule has 1 aromatic heterocycles. The van der Waals surface area contributed by atoms with Gasteiger partial charge in [-0.05, 0) is 5.92 Å². The molecule has 0 bridgehead atoms. The normalized spacial score (nSPS) is 13.6. The molecular formula is C22H29N3O4. The molecule has 0 aliphatic rings. The minimum atomic E-state index is -1.11. The van der Waals surface area contributed by atoms with E-state index in [9.17, 15) is 15.0 Å². The van der Waals surface area contributed by atoms with Crippen LogP contribution in [0.15, 0.2) is 36.4 Å². The van der Waals surface area contributed by atoms with Gasteiger partial charge in [0, 0.05) is 31.6 Å². The van der Waals surface area contributed by atoms with E-state index in [2.05, 4.69) is 0 Å². The lowest BCUT2D eigenvalue weighted by atomic mass is 9.97. The third-order valence-corrected chi connectivity index (χ3v) is 4.37. The van der Waals surface area contributed by atoms with Gasteiger partial charge >= 0.3 is 5.97 Å². The SMILES string of the molecule is CC(C)c1nc(N(C)C)nc(-c2ccccc2)c1/C=C/[C@@H](O)C[C@@H](O)CC(=O)O. The van der Waals surface area contributed by atoms with Gasteiger partial charge < -0.3 is 20.2 Å². The zero-order chi connectivity index (χ0) is 21.6. The molecule has 2 atom stereocenters. The Kier molecular flexibility index (Phi) is 7.87. The first kappa shape index (κ1) is 22.5. The molecule has 0 saturated heterocycles. The summed E-state index contributed by atoms with van der Waals surface area (Å²) in [6.45, 7) is 4.09. The fourth-order valence-electron chi connectivity index (χ4n) is 2.94. The van der Waals surface area contributed by atoms with Crippen molar-refractivity contribution in [2.24, 2.45) is 0 Å². The number of nitrogens with zero attached hydrogens (tertiary/aromatic N) is 3. The van der Waals surface area contributed by atoms with E-state index >= 15 is 0 Å². The van der Waals surface area contributed by atoms with E-state index in [0.29, 0.717) is 5.95 Å². The second-order valence-corrected chi connectivity index (χ2v) is 7.50. The summed E-state index contributed by atoms with van der Waals surface area (Å²) < 4.78 is 0. The Hall–Kier alpha value is -2.77. The maximum absolute atomic E-state index is 10.7. The van der Waals surface area contributed by atoms with Crippen molar-refractivity contribution in [3.63, 3.8) is 0 Å². The van der Waals surface area contributed by atoms with Crippen molar-refractivity contribution in [3.8, 4) is 11.3 Å². The largest absolute Gasteiger partial charge is 0.481 e. The number of aliphatic carboxylic acids is 1. The molecule has 0 fully saturated rings. The van der Waals surface area contributed by atoms with Crippen molar-refractivity contribution in [1.29, 1.82) is 0 Å². The van der Waals surface area contributed by atoms with Crippen LogP contribution < -0.4 is 4.90 Å². The van der Waals surface area contributed by atoms with Gasteiger partial charge in [0.25, 0.3) is 0 Å². The molecule has 2 aromatic rings. The summed E-state index contributed by atoms with van der Waals surface area (Å²) in [7, 11) is 3.77. The first-order chi connectivity index (χ1) is 13.7. The maximum atomic E-state index is 10.7. The van der Waals surface area contributed by atoms with E-state index in [1.165, 1.54) is 0 Å². The number of aliphatic hydroxyl groups is 2. The number of hydrogen-bond acceptors (Lipinski definition) is 6. The predicted molar refractivity (Wildman–Crippen MR) is 114 cm³/mol. The summed E-state index contributed by atoms with van der Waals surface area (Å²) in [4.78, 5) is 22.0. The van der Waals surface area contributed by atoms with Crippen LogP contribution in [0.25, 0.3) is 17.3 Å². The monoisotopic (exact) mass is 399 g/mol. The number of hydrogen-bond donors (Lipinski definition) is 3. The minimum Gasteiger partial charge on any atom is -0.481 e. The Morgan fingerprint density at radius 1 is 1.14 bits per heavy atom. The van der Waals surface area contributed by atoms with E-state index in [1.54, 1.807) is 12.2 Å². The van der Waals surface area contributed by atoms with Crippen LogP contribution in [0.3, 0.4) is 0 Å². The predicted octanol–water partition coefficient (Wildman–Crippen LogP) is 2.93. The molecule has 1 aromatic carbocycles. The molecule has 2 rings (SSSR count). The summed E-state index contributed by atoms with van der Waals surface area (Å²) in [6, 6.07) is 9.75. The Morgan fingerprint density at radius 3 is 2.34 bits per heavy atom. The second kappa shape index (κ2) is 10.1. The molecule has 0 radical (unpaired) electrons. The zero-order valence-electron chi connectivity index (χ0n) is 17.3. The fourth-order valence-corrected chi connectivity index (χ4v) is 2.94. The third-order valence-electron chi connectivity index (χ3n) is 4.37. The number of carboxylic acids is 1. The van der Waals surface area contributed by atoms with E-state index in [4.69, 9.17) is 15.1 Å². The van der Waals surface area contributed by atoms with Crippen LogP contribution >= 0.6 is 0 Å². The molecule has 0 saturated carbocycles. The number of benzene rings is 1. The highest BCUT2D eigenvalue weighted by atomic mass is 16.4. The molecule has 0 aliphatic heterocycles. The van der Waals surface area contributed by atoms with Crippen molar-refractivity contribution in [2.75, 3.05) is 19.0 Å². The Morgan fingerprint density at radius 2 is 1.79 bits per heavy atom. The summed E-state index contributed by atoms with van der Waals surface area (Å²) >= 11 is 0. The molecule has 7 nitrogen and oxygen atoms in total. The van der Waals surface area contributed by atoms with E-state index in [1.807, 2.05) is 63.2 Å². The number of aromatic nitrogens is 2. The van der Waals surface area contributed by atoms with Crippen molar-refractivity contribution >= 4 is 18.0 Å². The van der Waals surface area contributed by atoms with Crippen LogP contribution in [-0.2, 0) is 4.79 Å². The molecule has 0 amide bonds. The molecule has 29 heavy (non-hydrogen) atoms. The Bertz CT molecular complexity index is 851. The summed E-state index contributed by atoms with van der Waals surface area (Å²) in [5.41, 5.74) is 3.32. The highest BCUT2D eigenvalue weighted by Crippen LogP contribution is 2.30. The van der Waals surface area contributed by atoms with Gasteiger partial charge in [-0.1, -0.05) is 56.3 Å². The Labute approximate surface area is 171 Å². The van der Waals surface area contributed by atoms with Gasteiger partial charge in [0.1, 0.15) is 0 Å². The Balaban J connectivity index is 2.47. The smallest absolute Gasteiger partial charge is 0.305 e. The first-order valence-electron chi connectivity index (χ1n) is 9.59. The van der Waals surface area contributed by atoms with Crippen LogP contribution in [0.5, 0.6) is 0 Å². The molecule has 0 spiro atoms. The van der Waals surface area contributed by atoms with Crippen LogP contribution in [0.4, 0.5) is 5.95 Å². The van der Waals surface area contributed by atoms with Gasteiger partial charge in [-0.25, -0.2) is 9.97 Å². The van der Waals surface area contributed by atoms with Crippen LogP contribution in [-0.4, -0.2) is 57.6 Å². The minimum absolute atomic E-state index is 0.0584. The van der Waals surface area contributed by atoms with Gasteiger partial charge in [0.2, 0.25) is 5.95 Å². The van der Waals surface area contributed by atoms with Gasteiger partial charge in [-0.2, -0.15) is 0 Å². The lowest BCUT2D eigenvalue weighted by molar-refractivity contribution is -0.139. The van der Waals surface area contributed by atoms with E-state index in [0.717, 1.165) is 22.5 Å². The van der Waals surface area contributed by atoms with Crippen molar-refractivity contribution in [3.05, 3.63) is 47.7 Å². The van der Waals surface area contributed by atoms with Gasteiger partial charge in [-0.3, -0.25) is 4.79 Å². The lowest BCUT2D eigenvalue weighted by Crippen LogP contribution is -2.19. The highest BCUT2D eigenvalue weighted by molar-refractivity contribution is 5.74. The number of anilines is 1. The van der Waals surface area contributed by atoms with Gasteiger partial charge in [-0.15, -0.1) is 0 Å². The molecule has 1 heterocycles. The van der Waals surface area contributed by atoms with Crippen molar-refractivity contribution in [1.82, 2.24) is 9.97 Å². The highest BCUT2D eigenvalue weighted by Gasteiger charge is 2.18. The number of carbonyl (C=O) groups is 1. The molecular weight excluding hydrogens is 370 g/mol. The van der Waals surface area contributed by atoms with E-state index < -0.39 is 24.6 Å². The van der Waals surface area contributed by atoms with Crippen LogP contribution in [0.1, 0.15) is 43.9 Å². The first-order valence-corrected chi connectivity index (χ1v) is 9.59. The number of carboxylic acid groups (broad SMARTS) is 1. The van der Waals surface area contributed by atoms with Gasteiger partial charge in [0.15, 0.2) is 0 Å². The van der Waals surface area contributed by atoms with Crippen LogP contribution in [0.2, 0.25) is 0 Å². The second-order valence-electron chi connectivity index (χ2n) is 7.50. The third kappa shape index (κ3) is 6.37. The summed E-state index contributed by atoms with van der Waals surface area (Å²) in [5.74, 6) is -0.384. The quantitative estimate of drug-likeness (QED) is 0.595. The number of rotatable bonds is 9. The fraction of sp³-hybridized carbons (Fsp3) is 0.409. The zero-order valence-corrected chi connectivity index (χ0v) is 17.3. The lowest BCUT2D eigenvalue weighted by Gasteiger charge is -2.19. The van der Waals surface area contributed by atoms with Crippen molar-refractivity contribution < 1.29 is 20.1 Å². The molecule has 156 valence electrons. The standard InChI is InChI=1S/C22H29N3O4/c1-14(2)20-18(11-10-16(26)12-17(27)13-19(28)29)21(15-8-6-5-7-9-15)24-22(23-20)25(3)4/h5-11,14,16-17,26-27H,12-13H2,1-4H3,(H,28,29)/b11-10+/t16-,17-/m1/s1.